The third-order valence-electron chi connectivity index (χ3n) is 7.46. The van der Waals surface area contributed by atoms with Crippen LogP contribution in [0.5, 0.6) is 0 Å². The van der Waals surface area contributed by atoms with Crippen molar-refractivity contribution in [2.24, 2.45) is 0 Å². The molecule has 2 aliphatic rings. The van der Waals surface area contributed by atoms with Crippen molar-refractivity contribution in [2.45, 2.75) is 0 Å². The predicted octanol–water partition coefficient (Wildman–Crippen LogP) is 3.87. The molecule has 9 rings (SSSR count). The molecule has 7 aromatic rings. The van der Waals surface area contributed by atoms with Crippen molar-refractivity contribution in [3.8, 4) is 45.6 Å². The molecule has 0 saturated carbocycles. The van der Waals surface area contributed by atoms with E-state index in [-0.39, 0.29) is 40.5 Å². The minimum absolute atomic E-state index is 0. The van der Waals surface area contributed by atoms with Crippen LogP contribution in [0.3, 0.4) is 0 Å². The molecule has 3 aromatic heterocycles. The number of rotatable bonds is 0. The fourth-order valence-corrected chi connectivity index (χ4v) is 5.59. The van der Waals surface area contributed by atoms with Crippen molar-refractivity contribution in [3.05, 3.63) is 97.1 Å². The summed E-state index contributed by atoms with van der Waals surface area (Å²) in [6, 6.07) is 32.2. The average Bonchev–Trinajstić information content (AvgIpc) is 3.73. The monoisotopic (exact) mass is 699 g/mol. The number of aromatic nitrogens is 8. The standard InChI is InChI=1S/C32H18N8.HI.Ni/c1-2-10-18-17(9-1)25-33-26(18)38-28-21-13-5-6-14-22(21)30(35-28)40-32-24-16-8-7-15-23(24)31(36-32)39-29-20-12-4-3-11-19(20)27(34-29)37-25;;/h1-16H,(H2,33,34,35,36,37,38,39,40);1H;/q;;+2/p-1. The van der Waals surface area contributed by atoms with Crippen LogP contribution in [0.4, 0.5) is 0 Å². The van der Waals surface area contributed by atoms with E-state index < -0.39 is 0 Å². The molecule has 5 heterocycles. The van der Waals surface area contributed by atoms with Gasteiger partial charge in [-0.3, -0.25) is 0 Å². The van der Waals surface area contributed by atoms with Gasteiger partial charge in [0.25, 0.3) is 0 Å². The van der Waals surface area contributed by atoms with Gasteiger partial charge in [0.05, 0.1) is 0 Å². The van der Waals surface area contributed by atoms with Gasteiger partial charge in [-0.25, -0.2) is 29.9 Å². The average molecular weight is 700 g/mol. The van der Waals surface area contributed by atoms with E-state index in [4.69, 9.17) is 29.9 Å². The predicted molar refractivity (Wildman–Crippen MR) is 156 cm³/mol. The van der Waals surface area contributed by atoms with E-state index in [0.29, 0.717) is 45.9 Å². The summed E-state index contributed by atoms with van der Waals surface area (Å²) < 4.78 is 0. The van der Waals surface area contributed by atoms with Gasteiger partial charge in [0.15, 0.2) is 23.3 Å². The summed E-state index contributed by atoms with van der Waals surface area (Å²) in [5.41, 5.74) is 6.45. The van der Waals surface area contributed by atoms with Gasteiger partial charge in [-0.2, -0.15) is 0 Å². The largest absolute Gasteiger partial charge is 2.00 e. The zero-order valence-corrected chi connectivity index (χ0v) is 24.8. The molecule has 0 amide bonds. The Bertz CT molecular complexity index is 2040. The van der Waals surface area contributed by atoms with E-state index in [2.05, 4.69) is 9.97 Å². The first-order valence-corrected chi connectivity index (χ1v) is 13.0. The van der Waals surface area contributed by atoms with Crippen molar-refractivity contribution in [3.63, 3.8) is 0 Å². The Morgan fingerprint density at radius 3 is 0.833 bits per heavy atom. The maximum absolute atomic E-state index is 5.02. The molecule has 0 radical (unpaired) electrons. The molecule has 0 fully saturated rings. The fraction of sp³-hybridized carbons (Fsp3) is 0. The van der Waals surface area contributed by atoms with E-state index in [1.54, 1.807) is 0 Å². The molecule has 0 saturated heterocycles. The molecular weight excluding hydrogens is 682 g/mol. The van der Waals surface area contributed by atoms with Gasteiger partial charge in [0.2, 0.25) is 0 Å². The van der Waals surface area contributed by atoms with Gasteiger partial charge in [-0.15, -0.1) is 0 Å². The van der Waals surface area contributed by atoms with Crippen LogP contribution >= 0.6 is 0 Å². The minimum atomic E-state index is 0. The van der Waals surface area contributed by atoms with E-state index in [9.17, 15) is 0 Å². The van der Waals surface area contributed by atoms with Gasteiger partial charge in [0, 0.05) is 43.8 Å². The first-order valence-electron chi connectivity index (χ1n) is 13.0. The van der Waals surface area contributed by atoms with Gasteiger partial charge in [-0.1, -0.05) is 97.1 Å². The number of nitrogens with zero attached hydrogens (tertiary/aromatic N) is 6. The molecule has 8 nitrogen and oxygen atoms in total. The number of hydrogen-bond donors (Lipinski definition) is 2. The molecule has 2 N–H and O–H groups in total. The molecule has 0 spiro atoms. The van der Waals surface area contributed by atoms with Crippen LogP contribution < -0.4 is 24.0 Å². The van der Waals surface area contributed by atoms with Gasteiger partial charge in [0.1, 0.15) is 22.6 Å². The van der Waals surface area contributed by atoms with Crippen LogP contribution in [0.15, 0.2) is 97.1 Å². The first-order chi connectivity index (χ1) is 19.8. The number of nitrogens with one attached hydrogen (secondary N) is 2. The Kier molecular flexibility index (Phi) is 6.33. The topological polar surface area (TPSA) is 109 Å². The van der Waals surface area contributed by atoms with Crippen LogP contribution in [-0.4, -0.2) is 39.9 Å². The summed E-state index contributed by atoms with van der Waals surface area (Å²) in [5, 5.41) is 3.82. The van der Waals surface area contributed by atoms with Crippen molar-refractivity contribution in [2.75, 3.05) is 0 Å². The van der Waals surface area contributed by atoms with E-state index in [1.807, 2.05) is 97.1 Å². The molecule has 2 aliphatic heterocycles. The zero-order valence-electron chi connectivity index (χ0n) is 21.6. The number of benzene rings is 4. The second-order valence-corrected chi connectivity index (χ2v) is 9.79. The summed E-state index contributed by atoms with van der Waals surface area (Å²) >= 11 is 0. The first kappa shape index (κ1) is 26.4. The van der Waals surface area contributed by atoms with E-state index in [0.717, 1.165) is 43.8 Å². The van der Waals surface area contributed by atoms with Crippen molar-refractivity contribution in [1.82, 2.24) is 39.9 Å². The Morgan fingerprint density at radius 1 is 0.333 bits per heavy atom. The molecule has 0 atom stereocenters. The number of halogens is 1. The second kappa shape index (κ2) is 10.1. The normalized spacial score (nSPS) is 11.4. The Balaban J connectivity index is 0.00000144. The summed E-state index contributed by atoms with van der Waals surface area (Å²) in [4.78, 5) is 36.8. The molecule has 4 aromatic carbocycles. The van der Waals surface area contributed by atoms with Gasteiger partial charge in [-0.05, 0) is 0 Å². The molecule has 0 aliphatic carbocycles. The summed E-state index contributed by atoms with van der Waals surface area (Å²) in [6.45, 7) is 0. The molecular formula is C32H18IN8Ni+. The molecule has 10 heteroatoms. The Morgan fingerprint density at radius 2 is 0.571 bits per heavy atom. The fourth-order valence-electron chi connectivity index (χ4n) is 5.59. The van der Waals surface area contributed by atoms with Crippen molar-refractivity contribution in [1.29, 1.82) is 0 Å². The van der Waals surface area contributed by atoms with Crippen molar-refractivity contribution >= 4 is 44.1 Å². The third-order valence-corrected chi connectivity index (χ3v) is 7.46. The maximum Gasteiger partial charge on any atom is 2.00 e. The van der Waals surface area contributed by atoms with Crippen LogP contribution in [0.1, 0.15) is 0 Å². The van der Waals surface area contributed by atoms with E-state index >= 15 is 0 Å². The number of H-pyrrole nitrogens is 2. The van der Waals surface area contributed by atoms with Gasteiger partial charge >= 0.3 is 16.5 Å². The number of aromatic amines is 2. The SMILES string of the molecule is [I-].[Ni+2].c1ccc2c(c1)-c1nc-2nc2[nH]c(nc3nc(nc4[nH]c(n1)c1ccccc41)-c1ccccc1-3)c1ccccc21. The number of fused-ring (bicyclic) bond motifs is 20. The van der Waals surface area contributed by atoms with Crippen LogP contribution in [-0.2, 0) is 16.5 Å². The molecule has 202 valence electrons. The summed E-state index contributed by atoms with van der Waals surface area (Å²) in [7, 11) is 0. The van der Waals surface area contributed by atoms with Crippen molar-refractivity contribution < 1.29 is 40.5 Å². The van der Waals surface area contributed by atoms with Crippen LogP contribution in [0.25, 0.3) is 89.7 Å². The number of hydrogen-bond acceptors (Lipinski definition) is 6. The third kappa shape index (κ3) is 3.93. The minimum Gasteiger partial charge on any atom is -1.00 e. The maximum atomic E-state index is 5.02. The summed E-state index contributed by atoms with van der Waals surface area (Å²) in [5.74, 6) is 2.39. The zero-order chi connectivity index (χ0) is 26.2. The van der Waals surface area contributed by atoms with Crippen LogP contribution in [0, 0.1) is 0 Å². The quantitative estimate of drug-likeness (QED) is 0.184. The molecule has 42 heavy (non-hydrogen) atoms. The molecule has 8 bridgehead atoms. The Labute approximate surface area is 265 Å². The molecule has 0 unspecified atom stereocenters. The smallest absolute Gasteiger partial charge is 1.00 e. The van der Waals surface area contributed by atoms with E-state index in [1.165, 1.54) is 0 Å². The van der Waals surface area contributed by atoms with Crippen LogP contribution in [0.2, 0.25) is 0 Å². The second-order valence-electron chi connectivity index (χ2n) is 9.79. The Hall–Kier alpha value is -4.54. The summed E-state index contributed by atoms with van der Waals surface area (Å²) in [6.07, 6.45) is 0. The van der Waals surface area contributed by atoms with Gasteiger partial charge < -0.3 is 33.9 Å².